The largest absolute Gasteiger partial charge is 0.329 e. The summed E-state index contributed by atoms with van der Waals surface area (Å²) in [5, 5.41) is 4.38. The van der Waals surface area contributed by atoms with Crippen molar-refractivity contribution in [3.05, 3.63) is 11.4 Å². The maximum atomic E-state index is 12.7. The number of nitrogens with one attached hydrogen (secondary N) is 1. The summed E-state index contributed by atoms with van der Waals surface area (Å²) < 4.78 is 29.9. The van der Waals surface area contributed by atoms with Gasteiger partial charge in [0.05, 0.1) is 11.4 Å². The molecule has 0 aliphatic heterocycles. The van der Waals surface area contributed by atoms with Crippen molar-refractivity contribution < 1.29 is 8.42 Å². The molecule has 1 rings (SSSR count). The van der Waals surface area contributed by atoms with Crippen LogP contribution in [0.4, 0.5) is 0 Å². The van der Waals surface area contributed by atoms with E-state index in [2.05, 4.69) is 30.6 Å². The van der Waals surface area contributed by atoms with Crippen LogP contribution in [0.1, 0.15) is 51.4 Å². The second-order valence-electron chi connectivity index (χ2n) is 6.27. The lowest BCUT2D eigenvalue weighted by molar-refractivity contribution is 0.471. The summed E-state index contributed by atoms with van der Waals surface area (Å²) in [6.45, 7) is 10.8. The Bertz CT molecular complexity index is 585. The average Bonchev–Trinajstić information content (AvgIpc) is 2.69. The Labute approximate surface area is 146 Å². The molecule has 1 atom stereocenters. The van der Waals surface area contributed by atoms with E-state index < -0.39 is 10.0 Å². The summed E-state index contributed by atoms with van der Waals surface area (Å²) >= 11 is 0. The molecule has 1 heterocycles. The van der Waals surface area contributed by atoms with Crippen molar-refractivity contribution >= 4 is 22.4 Å². The molecule has 0 fully saturated rings. The van der Waals surface area contributed by atoms with Crippen LogP contribution in [-0.2, 0) is 16.6 Å². The van der Waals surface area contributed by atoms with Crippen molar-refractivity contribution in [2.24, 2.45) is 11.7 Å². The lowest BCUT2D eigenvalue weighted by Gasteiger charge is -2.17. The molecule has 0 aliphatic carbocycles. The third-order valence-electron chi connectivity index (χ3n) is 3.63. The molecular formula is C15H31ClN4O2S. The first-order valence-electron chi connectivity index (χ1n) is 7.99. The fourth-order valence-electron chi connectivity index (χ4n) is 2.55. The molecule has 8 heteroatoms. The van der Waals surface area contributed by atoms with E-state index in [4.69, 9.17) is 5.73 Å². The number of sulfonamides is 1. The SMILES string of the molecule is CCCCC(CN)NS(=O)(=O)c1c(C)nn(CC(C)C)c1C.Cl. The fraction of sp³-hybridized carbons (Fsp3) is 0.800. The second kappa shape index (κ2) is 9.61. The van der Waals surface area contributed by atoms with E-state index in [-0.39, 0.29) is 18.4 Å². The predicted molar refractivity (Wildman–Crippen MR) is 96.5 cm³/mol. The van der Waals surface area contributed by atoms with Gasteiger partial charge in [0.25, 0.3) is 0 Å². The number of nitrogens with zero attached hydrogens (tertiary/aromatic N) is 2. The fourth-order valence-corrected chi connectivity index (χ4v) is 4.24. The Hall–Kier alpha value is -0.630. The normalized spacial score (nSPS) is 13.2. The number of aryl methyl sites for hydroxylation is 1. The Morgan fingerprint density at radius 3 is 2.39 bits per heavy atom. The average molecular weight is 367 g/mol. The third-order valence-corrected chi connectivity index (χ3v) is 5.41. The quantitative estimate of drug-likeness (QED) is 0.702. The minimum absolute atomic E-state index is 0. The first-order valence-corrected chi connectivity index (χ1v) is 9.47. The topological polar surface area (TPSA) is 90.0 Å². The van der Waals surface area contributed by atoms with E-state index in [9.17, 15) is 8.42 Å². The summed E-state index contributed by atoms with van der Waals surface area (Å²) in [6.07, 6.45) is 2.72. The van der Waals surface area contributed by atoms with Gasteiger partial charge in [0.2, 0.25) is 10.0 Å². The van der Waals surface area contributed by atoms with Gasteiger partial charge in [-0.1, -0.05) is 33.6 Å². The van der Waals surface area contributed by atoms with E-state index in [1.807, 2.05) is 0 Å². The van der Waals surface area contributed by atoms with Crippen LogP contribution in [-0.4, -0.2) is 30.8 Å². The van der Waals surface area contributed by atoms with Gasteiger partial charge in [0.15, 0.2) is 0 Å². The van der Waals surface area contributed by atoms with Gasteiger partial charge in [0.1, 0.15) is 4.90 Å². The van der Waals surface area contributed by atoms with Crippen molar-refractivity contribution in [1.82, 2.24) is 14.5 Å². The maximum absolute atomic E-state index is 12.7. The Morgan fingerprint density at radius 1 is 1.30 bits per heavy atom. The highest BCUT2D eigenvalue weighted by molar-refractivity contribution is 7.89. The van der Waals surface area contributed by atoms with Crippen LogP contribution in [0.25, 0.3) is 0 Å². The van der Waals surface area contributed by atoms with Crippen LogP contribution >= 0.6 is 12.4 Å². The molecule has 1 aromatic rings. The minimum atomic E-state index is -3.59. The van der Waals surface area contributed by atoms with Crippen molar-refractivity contribution in [2.45, 2.75) is 71.4 Å². The molecule has 0 saturated heterocycles. The van der Waals surface area contributed by atoms with Crippen LogP contribution in [0.15, 0.2) is 4.90 Å². The van der Waals surface area contributed by atoms with E-state index in [1.165, 1.54) is 0 Å². The lowest BCUT2D eigenvalue weighted by atomic mass is 10.1. The molecule has 0 aliphatic rings. The van der Waals surface area contributed by atoms with E-state index in [1.54, 1.807) is 18.5 Å². The first-order chi connectivity index (χ1) is 10.2. The van der Waals surface area contributed by atoms with Gasteiger partial charge < -0.3 is 5.73 Å². The van der Waals surface area contributed by atoms with Crippen molar-refractivity contribution in [1.29, 1.82) is 0 Å². The summed E-state index contributed by atoms with van der Waals surface area (Å²) in [5.41, 5.74) is 6.92. The summed E-state index contributed by atoms with van der Waals surface area (Å²) in [6, 6.07) is -0.225. The van der Waals surface area contributed by atoms with Crippen LogP contribution in [0.3, 0.4) is 0 Å². The molecule has 1 aromatic heterocycles. The second-order valence-corrected chi connectivity index (χ2v) is 7.92. The molecule has 0 spiro atoms. The Balaban J connectivity index is 0.00000484. The smallest absolute Gasteiger partial charge is 0.244 e. The predicted octanol–water partition coefficient (Wildman–Crippen LogP) is 2.37. The van der Waals surface area contributed by atoms with Gasteiger partial charge in [-0.2, -0.15) is 5.10 Å². The van der Waals surface area contributed by atoms with Gasteiger partial charge in [0, 0.05) is 19.1 Å². The van der Waals surface area contributed by atoms with Crippen LogP contribution in [0.5, 0.6) is 0 Å². The van der Waals surface area contributed by atoms with Crippen molar-refractivity contribution in [2.75, 3.05) is 6.54 Å². The van der Waals surface area contributed by atoms with Crippen molar-refractivity contribution in [3.63, 3.8) is 0 Å². The molecule has 0 amide bonds. The number of aromatic nitrogens is 2. The monoisotopic (exact) mass is 366 g/mol. The van der Waals surface area contributed by atoms with E-state index >= 15 is 0 Å². The summed E-state index contributed by atoms with van der Waals surface area (Å²) in [4.78, 5) is 0.295. The first kappa shape index (κ1) is 22.4. The molecule has 6 nitrogen and oxygen atoms in total. The maximum Gasteiger partial charge on any atom is 0.244 e. The molecule has 1 unspecified atom stereocenters. The number of hydrogen-bond acceptors (Lipinski definition) is 4. The van der Waals surface area contributed by atoms with Crippen LogP contribution < -0.4 is 10.5 Å². The summed E-state index contributed by atoms with van der Waals surface area (Å²) in [5.74, 6) is 0.405. The molecular weight excluding hydrogens is 336 g/mol. The van der Waals surface area contributed by atoms with Gasteiger partial charge >= 0.3 is 0 Å². The number of rotatable bonds is 9. The zero-order valence-electron chi connectivity index (χ0n) is 14.8. The Kier molecular flexibility index (Phi) is 9.35. The summed E-state index contributed by atoms with van der Waals surface area (Å²) in [7, 11) is -3.59. The van der Waals surface area contributed by atoms with Gasteiger partial charge in [-0.3, -0.25) is 4.68 Å². The minimum Gasteiger partial charge on any atom is -0.329 e. The third kappa shape index (κ3) is 6.06. The molecule has 136 valence electrons. The van der Waals surface area contributed by atoms with Gasteiger partial charge in [-0.15, -0.1) is 12.4 Å². The molecule has 0 saturated carbocycles. The number of halogens is 1. The highest BCUT2D eigenvalue weighted by atomic mass is 35.5. The van der Waals surface area contributed by atoms with E-state index in [0.717, 1.165) is 19.3 Å². The molecule has 0 radical (unpaired) electrons. The zero-order chi connectivity index (χ0) is 16.9. The number of nitrogens with two attached hydrogens (primary N) is 1. The van der Waals surface area contributed by atoms with Crippen LogP contribution in [0.2, 0.25) is 0 Å². The highest BCUT2D eigenvalue weighted by Gasteiger charge is 2.26. The zero-order valence-corrected chi connectivity index (χ0v) is 16.4. The van der Waals surface area contributed by atoms with Gasteiger partial charge in [-0.05, 0) is 26.2 Å². The standard InChI is InChI=1S/C15H30N4O2S.ClH/c1-6-7-8-14(9-16)18-22(20,21)15-12(4)17-19(13(15)5)10-11(2)3;/h11,14,18H,6-10,16H2,1-5H3;1H. The van der Waals surface area contributed by atoms with Crippen molar-refractivity contribution in [3.8, 4) is 0 Å². The highest BCUT2D eigenvalue weighted by Crippen LogP contribution is 2.21. The molecule has 0 bridgehead atoms. The number of hydrogen-bond donors (Lipinski definition) is 2. The Morgan fingerprint density at radius 2 is 1.91 bits per heavy atom. The van der Waals surface area contributed by atoms with Gasteiger partial charge in [-0.25, -0.2) is 13.1 Å². The lowest BCUT2D eigenvalue weighted by Crippen LogP contribution is -2.40. The van der Waals surface area contributed by atoms with Crippen LogP contribution in [0, 0.1) is 19.8 Å². The van der Waals surface area contributed by atoms with E-state index in [0.29, 0.717) is 35.3 Å². The molecule has 23 heavy (non-hydrogen) atoms. The number of unbranched alkanes of at least 4 members (excludes halogenated alkanes) is 1. The molecule has 0 aromatic carbocycles. The molecule has 3 N–H and O–H groups in total.